The van der Waals surface area contributed by atoms with Crippen molar-refractivity contribution in [3.05, 3.63) is 72.9 Å². The average Bonchev–Trinajstić information content (AvgIpc) is 2.91. The SMILES string of the molecule is CC/C=C\C/C=C\C/C=C\C/C=C\C/C=C\C/C=C\CCC(=O)N[C@@H](C)C(=O)NCCNCCNCCN. The second-order valence-corrected chi connectivity index (χ2v) is 8.82. The van der Waals surface area contributed by atoms with Gasteiger partial charge in [0, 0.05) is 45.7 Å². The second-order valence-electron chi connectivity index (χ2n) is 8.82. The summed E-state index contributed by atoms with van der Waals surface area (Å²) >= 11 is 0. The van der Waals surface area contributed by atoms with E-state index in [0.717, 1.165) is 58.2 Å². The Kier molecular flexibility index (Phi) is 26.7. The van der Waals surface area contributed by atoms with Gasteiger partial charge in [-0.15, -0.1) is 0 Å². The molecule has 0 rings (SSSR count). The van der Waals surface area contributed by atoms with E-state index >= 15 is 0 Å². The lowest BCUT2D eigenvalue weighted by atomic mass is 10.2. The Labute approximate surface area is 231 Å². The van der Waals surface area contributed by atoms with E-state index in [1.165, 1.54) is 0 Å². The Balaban J connectivity index is 3.72. The minimum atomic E-state index is -0.543. The number of carbonyl (C=O) groups excluding carboxylic acids is 2. The van der Waals surface area contributed by atoms with Crippen LogP contribution in [0.15, 0.2) is 72.9 Å². The quantitative estimate of drug-likeness (QED) is 0.0954. The molecule has 0 radical (unpaired) electrons. The standard InChI is InChI=1S/C31H53N5O2/c1-3-4-5-6-7-8-9-10-11-12-13-14-15-16-17-18-19-20-21-22-30(37)36-29(2)31(38)35-28-27-34-26-25-33-24-23-32/h4-5,7-8,10-11,13-14,16-17,19-20,29,33-34H,3,6,9,12,15,18,21-28,32H2,1-2H3,(H,35,38)(H,36,37)/b5-4-,8-7-,11-10-,14-13-,17-16-,20-19-/t29-/m0/s1. The van der Waals surface area contributed by atoms with Gasteiger partial charge in [-0.3, -0.25) is 9.59 Å². The predicted octanol–water partition coefficient (Wildman–Crippen LogP) is 4.22. The minimum Gasteiger partial charge on any atom is -0.353 e. The van der Waals surface area contributed by atoms with Crippen LogP contribution >= 0.6 is 0 Å². The maximum absolute atomic E-state index is 12.1. The van der Waals surface area contributed by atoms with E-state index < -0.39 is 6.04 Å². The molecule has 0 aromatic carbocycles. The first-order chi connectivity index (χ1) is 18.6. The van der Waals surface area contributed by atoms with Crippen molar-refractivity contribution in [1.82, 2.24) is 21.3 Å². The first-order valence-corrected chi connectivity index (χ1v) is 14.2. The van der Waals surface area contributed by atoms with Crippen LogP contribution in [0.2, 0.25) is 0 Å². The van der Waals surface area contributed by atoms with Crippen LogP contribution in [-0.4, -0.2) is 57.1 Å². The van der Waals surface area contributed by atoms with Crippen molar-refractivity contribution in [2.75, 3.05) is 39.3 Å². The van der Waals surface area contributed by atoms with E-state index in [2.05, 4.69) is 95.0 Å². The van der Waals surface area contributed by atoms with Crippen LogP contribution < -0.4 is 27.0 Å². The summed E-state index contributed by atoms with van der Waals surface area (Å²) in [5.74, 6) is -0.286. The van der Waals surface area contributed by atoms with Crippen LogP contribution in [-0.2, 0) is 9.59 Å². The molecule has 0 heterocycles. The minimum absolute atomic E-state index is 0.115. The lowest BCUT2D eigenvalue weighted by molar-refractivity contribution is -0.128. The molecule has 0 spiro atoms. The number of rotatable bonds is 24. The summed E-state index contributed by atoms with van der Waals surface area (Å²) in [7, 11) is 0. The predicted molar refractivity (Wildman–Crippen MR) is 163 cm³/mol. The Bertz CT molecular complexity index is 753. The maximum Gasteiger partial charge on any atom is 0.242 e. The van der Waals surface area contributed by atoms with Crippen LogP contribution in [0.3, 0.4) is 0 Å². The highest BCUT2D eigenvalue weighted by molar-refractivity contribution is 5.87. The zero-order valence-electron chi connectivity index (χ0n) is 23.8. The molecule has 0 aromatic heterocycles. The zero-order valence-corrected chi connectivity index (χ0v) is 23.8. The van der Waals surface area contributed by atoms with Gasteiger partial charge in [-0.05, 0) is 51.9 Å². The van der Waals surface area contributed by atoms with E-state index in [1.54, 1.807) is 6.92 Å². The van der Waals surface area contributed by atoms with Crippen LogP contribution in [0, 0.1) is 0 Å². The third kappa shape index (κ3) is 26.3. The van der Waals surface area contributed by atoms with Crippen molar-refractivity contribution in [3.63, 3.8) is 0 Å². The summed E-state index contributed by atoms with van der Waals surface area (Å²) in [4.78, 5) is 24.1. The molecule has 38 heavy (non-hydrogen) atoms. The largest absolute Gasteiger partial charge is 0.353 e. The monoisotopic (exact) mass is 527 g/mol. The van der Waals surface area contributed by atoms with E-state index in [0.29, 0.717) is 32.5 Å². The molecule has 0 aliphatic heterocycles. The molecule has 7 nitrogen and oxygen atoms in total. The van der Waals surface area contributed by atoms with Crippen LogP contribution in [0.4, 0.5) is 0 Å². The number of amides is 2. The smallest absolute Gasteiger partial charge is 0.242 e. The average molecular weight is 528 g/mol. The van der Waals surface area contributed by atoms with Gasteiger partial charge < -0.3 is 27.0 Å². The Morgan fingerprint density at radius 3 is 1.61 bits per heavy atom. The van der Waals surface area contributed by atoms with E-state index in [-0.39, 0.29) is 11.8 Å². The molecule has 7 heteroatoms. The Hall–Kier alpha value is -2.74. The number of nitrogens with one attached hydrogen (secondary N) is 4. The molecule has 0 fully saturated rings. The first kappa shape index (κ1) is 35.3. The van der Waals surface area contributed by atoms with E-state index in [9.17, 15) is 9.59 Å². The molecule has 0 bridgehead atoms. The van der Waals surface area contributed by atoms with Gasteiger partial charge >= 0.3 is 0 Å². The second kappa shape index (κ2) is 28.8. The third-order valence-corrected chi connectivity index (χ3v) is 5.31. The van der Waals surface area contributed by atoms with Crippen molar-refractivity contribution in [1.29, 1.82) is 0 Å². The van der Waals surface area contributed by atoms with Crippen molar-refractivity contribution < 1.29 is 9.59 Å². The normalized spacial score (nSPS) is 13.2. The highest BCUT2D eigenvalue weighted by Crippen LogP contribution is 1.98. The molecule has 0 saturated heterocycles. The number of nitrogens with two attached hydrogens (primary N) is 1. The summed E-state index contributed by atoms with van der Waals surface area (Å²) in [5, 5.41) is 12.0. The Morgan fingerprint density at radius 1 is 0.658 bits per heavy atom. The lowest BCUT2D eigenvalue weighted by Gasteiger charge is -2.14. The van der Waals surface area contributed by atoms with Gasteiger partial charge in [-0.2, -0.15) is 0 Å². The number of carbonyl (C=O) groups is 2. The third-order valence-electron chi connectivity index (χ3n) is 5.31. The zero-order chi connectivity index (χ0) is 27.9. The summed E-state index contributed by atoms with van der Waals surface area (Å²) in [5.41, 5.74) is 5.41. The van der Waals surface area contributed by atoms with Crippen molar-refractivity contribution in [2.45, 2.75) is 71.3 Å². The first-order valence-electron chi connectivity index (χ1n) is 14.2. The molecule has 0 saturated carbocycles. The molecule has 6 N–H and O–H groups in total. The fourth-order valence-corrected chi connectivity index (χ4v) is 3.19. The summed E-state index contributed by atoms with van der Waals surface area (Å²) in [6.45, 7) is 8.14. The van der Waals surface area contributed by atoms with Gasteiger partial charge in [0.25, 0.3) is 0 Å². The van der Waals surface area contributed by atoms with Crippen LogP contribution in [0.25, 0.3) is 0 Å². The number of hydrogen-bond acceptors (Lipinski definition) is 5. The number of hydrogen-bond donors (Lipinski definition) is 5. The van der Waals surface area contributed by atoms with E-state index in [1.807, 2.05) is 6.08 Å². The van der Waals surface area contributed by atoms with Gasteiger partial charge in [0.1, 0.15) is 6.04 Å². The van der Waals surface area contributed by atoms with Gasteiger partial charge in [0.2, 0.25) is 11.8 Å². The van der Waals surface area contributed by atoms with Crippen LogP contribution in [0.5, 0.6) is 0 Å². The molecule has 1 atom stereocenters. The Morgan fingerprint density at radius 2 is 1.11 bits per heavy atom. The number of allylic oxidation sites excluding steroid dienone is 12. The highest BCUT2D eigenvalue weighted by Gasteiger charge is 2.14. The molecular weight excluding hydrogens is 474 g/mol. The molecule has 0 aliphatic carbocycles. The van der Waals surface area contributed by atoms with Crippen LogP contribution in [0.1, 0.15) is 65.2 Å². The van der Waals surface area contributed by atoms with Gasteiger partial charge in [-0.1, -0.05) is 79.8 Å². The lowest BCUT2D eigenvalue weighted by Crippen LogP contribution is -2.46. The van der Waals surface area contributed by atoms with Crippen molar-refractivity contribution in [2.24, 2.45) is 5.73 Å². The fourth-order valence-electron chi connectivity index (χ4n) is 3.19. The van der Waals surface area contributed by atoms with Crippen molar-refractivity contribution in [3.8, 4) is 0 Å². The van der Waals surface area contributed by atoms with E-state index in [4.69, 9.17) is 5.73 Å². The highest BCUT2D eigenvalue weighted by atomic mass is 16.2. The van der Waals surface area contributed by atoms with Gasteiger partial charge in [0.15, 0.2) is 0 Å². The molecule has 0 aromatic rings. The fraction of sp³-hybridized carbons (Fsp3) is 0.548. The topological polar surface area (TPSA) is 108 Å². The molecule has 214 valence electrons. The van der Waals surface area contributed by atoms with Crippen molar-refractivity contribution >= 4 is 11.8 Å². The van der Waals surface area contributed by atoms with Gasteiger partial charge in [-0.25, -0.2) is 0 Å². The summed E-state index contributed by atoms with van der Waals surface area (Å²) in [6.07, 6.45) is 32.8. The summed E-state index contributed by atoms with van der Waals surface area (Å²) in [6, 6.07) is -0.543. The molecule has 0 unspecified atom stereocenters. The molecule has 0 aliphatic rings. The maximum atomic E-state index is 12.1. The molecular formula is C31H53N5O2. The molecule has 2 amide bonds. The van der Waals surface area contributed by atoms with Gasteiger partial charge in [0.05, 0.1) is 0 Å². The summed E-state index contributed by atoms with van der Waals surface area (Å²) < 4.78 is 0.